The molecule has 138 valence electrons. The van der Waals surface area contributed by atoms with E-state index in [4.69, 9.17) is 4.74 Å². The molecule has 0 spiro atoms. The van der Waals surface area contributed by atoms with Crippen molar-refractivity contribution in [2.45, 2.75) is 26.2 Å². The Bertz CT molecular complexity index is 1030. The van der Waals surface area contributed by atoms with E-state index in [-0.39, 0.29) is 11.8 Å². The van der Waals surface area contributed by atoms with Crippen molar-refractivity contribution in [3.05, 3.63) is 47.5 Å². The molecule has 0 atom stereocenters. The van der Waals surface area contributed by atoms with Gasteiger partial charge in [-0.2, -0.15) is 0 Å². The average Bonchev–Trinajstić information content (AvgIpc) is 2.94. The monoisotopic (exact) mass is 381 g/mol. The van der Waals surface area contributed by atoms with Gasteiger partial charge in [-0.15, -0.1) is 0 Å². The second-order valence-corrected chi connectivity index (χ2v) is 7.34. The Labute approximate surface area is 160 Å². The molecule has 1 aliphatic rings. The lowest BCUT2D eigenvalue weighted by Gasteiger charge is -2.09. The molecular formula is C20H19N3O3S. The summed E-state index contributed by atoms with van der Waals surface area (Å²) in [6.07, 6.45) is 2.06. The number of fused-ring (bicyclic) bond motifs is 2. The third-order valence-corrected chi connectivity index (χ3v) is 5.32. The quantitative estimate of drug-likeness (QED) is 0.709. The summed E-state index contributed by atoms with van der Waals surface area (Å²) >= 11 is 1.41. The first-order chi connectivity index (χ1) is 13.1. The zero-order valence-electron chi connectivity index (χ0n) is 14.9. The average molecular weight is 381 g/mol. The largest absolute Gasteiger partial charge is 0.494 e. The lowest BCUT2D eigenvalue weighted by Crippen LogP contribution is -2.13. The van der Waals surface area contributed by atoms with Gasteiger partial charge >= 0.3 is 0 Å². The Kier molecular flexibility index (Phi) is 4.77. The van der Waals surface area contributed by atoms with Gasteiger partial charge in [-0.05, 0) is 61.7 Å². The van der Waals surface area contributed by atoms with Gasteiger partial charge in [0.25, 0.3) is 5.91 Å². The van der Waals surface area contributed by atoms with Crippen LogP contribution in [0.15, 0.2) is 36.4 Å². The number of hydrogen-bond acceptors (Lipinski definition) is 5. The molecule has 6 nitrogen and oxygen atoms in total. The first-order valence-electron chi connectivity index (χ1n) is 8.90. The molecule has 0 fully saturated rings. The number of rotatable bonds is 4. The standard InChI is InChI=1S/C20H19N3O3S/c1-2-26-14-7-9-16-17(11-14)27-20(22-16)23-19(25)13-6-8-15-12(10-13)4-3-5-18(24)21-15/h6-11H,2-5H2,1H3,(H,21,24)(H,22,23,25). The molecule has 7 heteroatoms. The zero-order chi connectivity index (χ0) is 18.8. The van der Waals surface area contributed by atoms with E-state index in [0.29, 0.717) is 23.7 Å². The third-order valence-electron chi connectivity index (χ3n) is 4.38. The van der Waals surface area contributed by atoms with Crippen LogP contribution in [0.1, 0.15) is 35.7 Å². The van der Waals surface area contributed by atoms with Crippen molar-refractivity contribution in [2.24, 2.45) is 0 Å². The Morgan fingerprint density at radius 1 is 1.26 bits per heavy atom. The highest BCUT2D eigenvalue weighted by Gasteiger charge is 2.16. The summed E-state index contributed by atoms with van der Waals surface area (Å²) in [5, 5.41) is 6.30. The number of thiazole rings is 1. The molecule has 0 radical (unpaired) electrons. The van der Waals surface area contributed by atoms with Gasteiger partial charge in [0.15, 0.2) is 5.13 Å². The molecule has 0 saturated heterocycles. The molecule has 3 aromatic rings. The van der Waals surface area contributed by atoms with Crippen molar-refractivity contribution in [2.75, 3.05) is 17.2 Å². The van der Waals surface area contributed by atoms with Gasteiger partial charge in [0.05, 0.1) is 16.8 Å². The van der Waals surface area contributed by atoms with E-state index in [1.807, 2.05) is 31.2 Å². The molecule has 2 heterocycles. The Morgan fingerprint density at radius 3 is 3.00 bits per heavy atom. The summed E-state index contributed by atoms with van der Waals surface area (Å²) in [4.78, 5) is 28.8. The summed E-state index contributed by atoms with van der Waals surface area (Å²) in [7, 11) is 0. The summed E-state index contributed by atoms with van der Waals surface area (Å²) in [6.45, 7) is 2.54. The topological polar surface area (TPSA) is 80.3 Å². The van der Waals surface area contributed by atoms with Crippen LogP contribution in [0, 0.1) is 0 Å². The lowest BCUT2D eigenvalue weighted by molar-refractivity contribution is -0.116. The van der Waals surface area contributed by atoms with E-state index < -0.39 is 0 Å². The molecule has 27 heavy (non-hydrogen) atoms. The summed E-state index contributed by atoms with van der Waals surface area (Å²) < 4.78 is 6.47. The lowest BCUT2D eigenvalue weighted by atomic mass is 10.0. The minimum Gasteiger partial charge on any atom is -0.494 e. The highest BCUT2D eigenvalue weighted by Crippen LogP contribution is 2.30. The highest BCUT2D eigenvalue weighted by atomic mass is 32.1. The molecule has 1 aromatic heterocycles. The zero-order valence-corrected chi connectivity index (χ0v) is 15.7. The number of hydrogen-bond donors (Lipinski definition) is 2. The molecule has 2 aromatic carbocycles. The van der Waals surface area contributed by atoms with Crippen LogP contribution < -0.4 is 15.4 Å². The number of nitrogens with one attached hydrogen (secondary N) is 2. The number of aryl methyl sites for hydroxylation is 1. The predicted octanol–water partition coefficient (Wildman–Crippen LogP) is 4.22. The molecule has 4 rings (SSSR count). The summed E-state index contributed by atoms with van der Waals surface area (Å²) in [5.41, 5.74) is 3.15. The molecule has 0 unspecified atom stereocenters. The van der Waals surface area contributed by atoms with Crippen LogP contribution in [0.3, 0.4) is 0 Å². The van der Waals surface area contributed by atoms with Crippen molar-refractivity contribution >= 4 is 44.2 Å². The van der Waals surface area contributed by atoms with Crippen molar-refractivity contribution in [3.8, 4) is 5.75 Å². The van der Waals surface area contributed by atoms with Crippen LogP contribution in [-0.2, 0) is 11.2 Å². The number of aromatic nitrogens is 1. The molecule has 2 N–H and O–H groups in total. The molecule has 0 aliphatic carbocycles. The second-order valence-electron chi connectivity index (χ2n) is 6.31. The van der Waals surface area contributed by atoms with Gasteiger partial charge in [-0.1, -0.05) is 11.3 Å². The number of ether oxygens (including phenoxy) is 1. The van der Waals surface area contributed by atoms with E-state index in [0.717, 1.165) is 40.1 Å². The maximum atomic E-state index is 12.6. The summed E-state index contributed by atoms with van der Waals surface area (Å²) in [5.74, 6) is 0.601. The van der Waals surface area contributed by atoms with Crippen LogP contribution in [0.2, 0.25) is 0 Å². The van der Waals surface area contributed by atoms with Crippen molar-refractivity contribution in [1.29, 1.82) is 0 Å². The van der Waals surface area contributed by atoms with Crippen molar-refractivity contribution < 1.29 is 14.3 Å². The van der Waals surface area contributed by atoms with Crippen LogP contribution in [0.5, 0.6) is 5.75 Å². The molecule has 2 amide bonds. The predicted molar refractivity (Wildman–Crippen MR) is 107 cm³/mol. The van der Waals surface area contributed by atoms with E-state index in [1.54, 1.807) is 12.1 Å². The smallest absolute Gasteiger partial charge is 0.257 e. The first kappa shape index (κ1) is 17.5. The fourth-order valence-corrected chi connectivity index (χ4v) is 3.99. The number of nitrogens with zero attached hydrogens (tertiary/aromatic N) is 1. The number of carbonyl (C=O) groups excluding carboxylic acids is 2. The molecule has 1 aliphatic heterocycles. The van der Waals surface area contributed by atoms with Crippen LogP contribution in [0.4, 0.5) is 10.8 Å². The third kappa shape index (κ3) is 3.78. The maximum Gasteiger partial charge on any atom is 0.257 e. The highest BCUT2D eigenvalue weighted by molar-refractivity contribution is 7.22. The Morgan fingerprint density at radius 2 is 2.15 bits per heavy atom. The van der Waals surface area contributed by atoms with Gasteiger partial charge in [0, 0.05) is 17.7 Å². The number of amides is 2. The number of carbonyl (C=O) groups is 2. The van der Waals surface area contributed by atoms with Crippen LogP contribution in [-0.4, -0.2) is 23.4 Å². The second kappa shape index (κ2) is 7.36. The van der Waals surface area contributed by atoms with E-state index in [1.165, 1.54) is 11.3 Å². The first-order valence-corrected chi connectivity index (χ1v) is 9.71. The number of benzene rings is 2. The van der Waals surface area contributed by atoms with Crippen molar-refractivity contribution in [3.63, 3.8) is 0 Å². The van der Waals surface area contributed by atoms with Gasteiger partial charge in [0.1, 0.15) is 5.75 Å². The Balaban J connectivity index is 1.54. The Hall–Kier alpha value is -2.93. The normalized spacial score (nSPS) is 13.6. The van der Waals surface area contributed by atoms with Crippen LogP contribution in [0.25, 0.3) is 10.2 Å². The van der Waals surface area contributed by atoms with E-state index >= 15 is 0 Å². The van der Waals surface area contributed by atoms with Gasteiger partial charge < -0.3 is 10.1 Å². The molecule has 0 bridgehead atoms. The van der Waals surface area contributed by atoms with Gasteiger partial charge in [0.2, 0.25) is 5.91 Å². The molecule has 0 saturated carbocycles. The maximum absolute atomic E-state index is 12.6. The summed E-state index contributed by atoms with van der Waals surface area (Å²) in [6, 6.07) is 11.0. The van der Waals surface area contributed by atoms with Gasteiger partial charge in [-0.3, -0.25) is 14.9 Å². The number of anilines is 2. The molecular weight excluding hydrogens is 362 g/mol. The van der Waals surface area contributed by atoms with Crippen LogP contribution >= 0.6 is 11.3 Å². The van der Waals surface area contributed by atoms with E-state index in [2.05, 4.69) is 15.6 Å². The minimum atomic E-state index is -0.211. The van der Waals surface area contributed by atoms with Crippen molar-refractivity contribution in [1.82, 2.24) is 4.98 Å². The fourth-order valence-electron chi connectivity index (χ4n) is 3.10. The minimum absolute atomic E-state index is 0.0202. The fraction of sp³-hybridized carbons (Fsp3) is 0.250. The van der Waals surface area contributed by atoms with Gasteiger partial charge in [-0.25, -0.2) is 4.98 Å². The SMILES string of the molecule is CCOc1ccc2nc(NC(=O)c3ccc4c(c3)CCCC(=O)N4)sc2c1. The van der Waals surface area contributed by atoms with E-state index in [9.17, 15) is 9.59 Å².